The summed E-state index contributed by atoms with van der Waals surface area (Å²) in [4.78, 5) is 26.9. The van der Waals surface area contributed by atoms with Crippen molar-refractivity contribution >= 4 is 17.9 Å². The molecule has 2 N–H and O–H groups in total. The predicted octanol–water partition coefficient (Wildman–Crippen LogP) is 4.69. The summed E-state index contributed by atoms with van der Waals surface area (Å²) < 4.78 is 5.50. The Hall–Kier alpha value is -1.69. The Morgan fingerprint density at radius 3 is 2.43 bits per heavy atom. The summed E-state index contributed by atoms with van der Waals surface area (Å²) in [6.07, 6.45) is 13.9. The van der Waals surface area contributed by atoms with Gasteiger partial charge in [0.25, 0.3) is 5.91 Å². The number of nitrogens with zero attached hydrogens (tertiary/aromatic N) is 1. The molecule has 4 rings (SSSR count). The van der Waals surface area contributed by atoms with E-state index in [1.165, 1.54) is 62.5 Å². The summed E-state index contributed by atoms with van der Waals surface area (Å²) in [6, 6.07) is 0. The van der Waals surface area contributed by atoms with E-state index >= 15 is 0 Å². The molecule has 4 aliphatic rings. The summed E-state index contributed by atoms with van der Waals surface area (Å²) in [6.45, 7) is 6.16. The maximum atomic E-state index is 13.4. The van der Waals surface area contributed by atoms with Crippen LogP contribution in [0.5, 0.6) is 0 Å². The lowest BCUT2D eigenvalue weighted by Gasteiger charge is -2.61. The number of fused-ring (bicyclic) bond motifs is 5. The Morgan fingerprint density at radius 1 is 1.03 bits per heavy atom. The van der Waals surface area contributed by atoms with E-state index in [4.69, 9.17) is 10.1 Å². The number of ether oxygens (including phenoxy) is 1. The summed E-state index contributed by atoms with van der Waals surface area (Å²) in [5.74, 6) is 3.95. The highest BCUT2D eigenvalue weighted by Crippen LogP contribution is 2.67. The highest BCUT2D eigenvalue weighted by molar-refractivity contribution is 6.11. The van der Waals surface area contributed by atoms with Gasteiger partial charge in [-0.3, -0.25) is 9.59 Å². The number of nitrogens with one attached hydrogen (secondary N) is 2. The zero-order chi connectivity index (χ0) is 25.4. The number of hydrogen-bond acceptors (Lipinski definition) is 5. The minimum atomic E-state index is -0.230. The Balaban J connectivity index is 1.41. The highest BCUT2D eigenvalue weighted by Gasteiger charge is 2.61. The average molecular weight is 486 g/mol. The number of ketones is 1. The highest BCUT2D eigenvalue weighted by atomic mass is 16.5. The van der Waals surface area contributed by atoms with Crippen molar-refractivity contribution in [2.45, 2.75) is 71.6 Å². The fourth-order valence-corrected chi connectivity index (χ4v) is 9.07. The third kappa shape index (κ3) is 4.72. The van der Waals surface area contributed by atoms with Crippen LogP contribution in [0.3, 0.4) is 0 Å². The van der Waals surface area contributed by atoms with Crippen LogP contribution in [0.4, 0.5) is 0 Å². The summed E-state index contributed by atoms with van der Waals surface area (Å²) in [5.41, 5.74) is 0.832. The number of likely N-dealkylation sites (N-methyl/N-ethyl adjacent to an activating group) is 1. The van der Waals surface area contributed by atoms with Crippen molar-refractivity contribution in [3.8, 4) is 0 Å². The Kier molecular flexibility index (Phi) is 7.80. The van der Waals surface area contributed by atoms with Crippen molar-refractivity contribution in [2.24, 2.45) is 46.3 Å². The van der Waals surface area contributed by atoms with Crippen LogP contribution in [0.1, 0.15) is 71.6 Å². The lowest BCUT2D eigenvalue weighted by atomic mass is 9.44. The molecule has 0 bridgehead atoms. The molecule has 4 aliphatic carbocycles. The van der Waals surface area contributed by atoms with Gasteiger partial charge in [0, 0.05) is 46.1 Å². The second-order valence-corrected chi connectivity index (χ2v) is 12.7. The standard InChI is InChI=1S/C29H47N3O3/c1-28-12-10-19(18-35-5)14-21(28)6-7-22-23-8-9-25(29(23,2)13-11-24(22)28)26(33)17-31-16-20(15-30)27(34)32(3)4/h15-16,19,21-25,30-31H,6-14,17-18H2,1-5H3/b20-16+,30-15?. The van der Waals surface area contributed by atoms with E-state index in [-0.39, 0.29) is 35.1 Å². The normalized spacial score (nSPS) is 40.8. The van der Waals surface area contributed by atoms with Gasteiger partial charge in [-0.2, -0.15) is 0 Å². The van der Waals surface area contributed by atoms with Crippen molar-refractivity contribution in [2.75, 3.05) is 34.4 Å². The monoisotopic (exact) mass is 485 g/mol. The smallest absolute Gasteiger partial charge is 0.256 e. The van der Waals surface area contributed by atoms with E-state index in [2.05, 4.69) is 19.2 Å². The van der Waals surface area contributed by atoms with Gasteiger partial charge in [-0.05, 0) is 98.2 Å². The third-order valence-corrected chi connectivity index (χ3v) is 10.9. The Bertz CT molecular complexity index is 854. The van der Waals surface area contributed by atoms with Gasteiger partial charge in [0.05, 0.1) is 12.1 Å². The molecule has 0 aromatic heterocycles. The van der Waals surface area contributed by atoms with Crippen LogP contribution in [0.25, 0.3) is 0 Å². The minimum absolute atomic E-state index is 0.101. The lowest BCUT2D eigenvalue weighted by Crippen LogP contribution is -2.54. The fourth-order valence-electron chi connectivity index (χ4n) is 9.07. The molecule has 6 heteroatoms. The van der Waals surface area contributed by atoms with Gasteiger partial charge < -0.3 is 20.4 Å². The van der Waals surface area contributed by atoms with E-state index in [1.807, 2.05) is 7.11 Å². The number of rotatable bonds is 8. The number of hydrogen-bond donors (Lipinski definition) is 2. The number of carbonyl (C=O) groups is 2. The van der Waals surface area contributed by atoms with Crippen LogP contribution in [-0.2, 0) is 14.3 Å². The molecule has 1 amide bonds. The Labute approximate surface area is 212 Å². The van der Waals surface area contributed by atoms with E-state index in [1.54, 1.807) is 14.1 Å². The average Bonchev–Trinajstić information content (AvgIpc) is 3.19. The predicted molar refractivity (Wildman–Crippen MR) is 139 cm³/mol. The summed E-state index contributed by atoms with van der Waals surface area (Å²) in [5, 5.41) is 10.6. The molecule has 196 valence electrons. The zero-order valence-corrected chi connectivity index (χ0v) is 22.6. The second-order valence-electron chi connectivity index (χ2n) is 12.7. The van der Waals surface area contributed by atoms with Crippen LogP contribution in [-0.4, -0.2) is 57.2 Å². The van der Waals surface area contributed by atoms with Crippen LogP contribution in [0, 0.1) is 51.7 Å². The van der Waals surface area contributed by atoms with Gasteiger partial charge in [-0.15, -0.1) is 0 Å². The fraction of sp³-hybridized carbons (Fsp3) is 0.828. The van der Waals surface area contributed by atoms with Gasteiger partial charge >= 0.3 is 0 Å². The molecule has 0 aromatic carbocycles. The van der Waals surface area contributed by atoms with E-state index < -0.39 is 0 Å². The minimum Gasteiger partial charge on any atom is -0.384 e. The molecule has 0 radical (unpaired) electrons. The molecule has 8 unspecified atom stereocenters. The zero-order valence-electron chi connectivity index (χ0n) is 22.6. The molecule has 0 heterocycles. The maximum absolute atomic E-state index is 13.4. The van der Waals surface area contributed by atoms with Gasteiger partial charge in [0.2, 0.25) is 0 Å². The second kappa shape index (κ2) is 10.4. The number of methoxy groups -OCH3 is 1. The van der Waals surface area contributed by atoms with Gasteiger partial charge in [-0.25, -0.2) is 0 Å². The van der Waals surface area contributed by atoms with Crippen molar-refractivity contribution in [3.05, 3.63) is 11.8 Å². The molecule has 0 aliphatic heterocycles. The van der Waals surface area contributed by atoms with Crippen molar-refractivity contribution in [1.29, 1.82) is 5.41 Å². The molecule has 6 nitrogen and oxygen atoms in total. The molecule has 0 saturated heterocycles. The quantitative estimate of drug-likeness (QED) is 0.386. The molecule has 0 spiro atoms. The van der Waals surface area contributed by atoms with Crippen LogP contribution in [0.2, 0.25) is 0 Å². The summed E-state index contributed by atoms with van der Waals surface area (Å²) >= 11 is 0. The molecule has 35 heavy (non-hydrogen) atoms. The lowest BCUT2D eigenvalue weighted by molar-refractivity contribution is -0.137. The van der Waals surface area contributed by atoms with Crippen molar-refractivity contribution in [1.82, 2.24) is 10.2 Å². The van der Waals surface area contributed by atoms with Crippen molar-refractivity contribution in [3.63, 3.8) is 0 Å². The topological polar surface area (TPSA) is 82.5 Å². The van der Waals surface area contributed by atoms with Crippen LogP contribution in [0.15, 0.2) is 11.8 Å². The SMILES string of the molecule is COCC1CCC2(C)C(CCC3C2CCC2(C)C(C(=O)CN/C=C(\C=N)C(=O)N(C)C)CCC32)C1. The van der Waals surface area contributed by atoms with Crippen LogP contribution >= 0.6 is 0 Å². The van der Waals surface area contributed by atoms with E-state index in [9.17, 15) is 9.59 Å². The molecular formula is C29H47N3O3. The first-order valence-corrected chi connectivity index (χ1v) is 13.8. The molecule has 0 aromatic rings. The van der Waals surface area contributed by atoms with Gasteiger partial charge in [0.15, 0.2) is 5.78 Å². The van der Waals surface area contributed by atoms with Gasteiger partial charge in [0.1, 0.15) is 0 Å². The first kappa shape index (κ1) is 26.4. The van der Waals surface area contributed by atoms with Crippen molar-refractivity contribution < 1.29 is 14.3 Å². The van der Waals surface area contributed by atoms with Crippen LogP contribution < -0.4 is 5.32 Å². The molecular weight excluding hydrogens is 438 g/mol. The Morgan fingerprint density at radius 2 is 1.74 bits per heavy atom. The summed E-state index contributed by atoms with van der Waals surface area (Å²) in [7, 11) is 5.17. The largest absolute Gasteiger partial charge is 0.384 e. The van der Waals surface area contributed by atoms with E-state index in [0.717, 1.165) is 42.9 Å². The van der Waals surface area contributed by atoms with E-state index in [0.29, 0.717) is 11.3 Å². The van der Waals surface area contributed by atoms with Gasteiger partial charge in [-0.1, -0.05) is 13.8 Å². The molecule has 4 fully saturated rings. The number of Topliss-reactive ketones (excluding diaryl/α,β-unsaturated/α-hetero) is 1. The number of amides is 1. The third-order valence-electron chi connectivity index (χ3n) is 10.9. The first-order valence-electron chi connectivity index (χ1n) is 13.8. The molecule has 8 atom stereocenters. The molecule has 4 saturated carbocycles. The first-order chi connectivity index (χ1) is 16.7. The maximum Gasteiger partial charge on any atom is 0.256 e. The number of carbonyl (C=O) groups excluding carboxylic acids is 2.